The molecule has 0 aliphatic rings. The molecule has 1 aromatic carbocycles. The van der Waals surface area contributed by atoms with Gasteiger partial charge in [0.05, 0.1) is 13.7 Å². The predicted molar refractivity (Wildman–Crippen MR) is 91.6 cm³/mol. The molecule has 0 fully saturated rings. The van der Waals surface area contributed by atoms with Crippen molar-refractivity contribution in [3.63, 3.8) is 0 Å². The number of nitrogens with one attached hydrogen (secondary N) is 1. The highest BCUT2D eigenvalue weighted by Gasteiger charge is 2.06. The second-order valence-electron chi connectivity index (χ2n) is 5.34. The molecule has 6 nitrogen and oxygen atoms in total. The summed E-state index contributed by atoms with van der Waals surface area (Å²) in [7, 11) is 1.61. The van der Waals surface area contributed by atoms with Crippen LogP contribution in [0.25, 0.3) is 11.7 Å². The number of benzene rings is 1. The smallest absolute Gasteiger partial charge is 0.244 e. The van der Waals surface area contributed by atoms with E-state index in [2.05, 4.69) is 15.5 Å². The molecule has 0 aliphatic heterocycles. The van der Waals surface area contributed by atoms with Crippen molar-refractivity contribution < 1.29 is 9.53 Å². The maximum atomic E-state index is 12.0. The molecule has 0 spiro atoms. The topological polar surface area (TPSA) is 68.5 Å². The summed E-state index contributed by atoms with van der Waals surface area (Å²) in [6, 6.07) is 11.5. The number of carbonyl (C=O) groups is 1. The summed E-state index contributed by atoms with van der Waals surface area (Å²) in [6.45, 7) is 2.30. The van der Waals surface area contributed by atoms with Gasteiger partial charge in [0, 0.05) is 17.8 Å². The lowest BCUT2D eigenvalue weighted by atomic mass is 10.1. The van der Waals surface area contributed by atoms with Gasteiger partial charge in [0.25, 0.3) is 0 Å². The average molecular weight is 322 g/mol. The van der Waals surface area contributed by atoms with E-state index in [9.17, 15) is 4.79 Å². The SMILES string of the molecule is COc1ccc(C)cc1C=CC(=O)NCc1nnc2ccccn12. The van der Waals surface area contributed by atoms with Crippen LogP contribution in [-0.2, 0) is 11.3 Å². The number of fused-ring (bicyclic) bond motifs is 1. The lowest BCUT2D eigenvalue weighted by Gasteiger charge is -2.05. The third-order valence-electron chi connectivity index (χ3n) is 3.60. The van der Waals surface area contributed by atoms with Crippen LogP contribution in [0.3, 0.4) is 0 Å². The molecule has 1 N–H and O–H groups in total. The van der Waals surface area contributed by atoms with Crippen LogP contribution in [0.5, 0.6) is 5.75 Å². The number of aromatic nitrogens is 3. The van der Waals surface area contributed by atoms with Crippen LogP contribution in [0, 0.1) is 6.92 Å². The fraction of sp³-hybridized carbons (Fsp3) is 0.167. The molecule has 3 aromatic rings. The van der Waals surface area contributed by atoms with Gasteiger partial charge in [-0.3, -0.25) is 9.20 Å². The Hall–Kier alpha value is -3.15. The largest absolute Gasteiger partial charge is 0.496 e. The maximum absolute atomic E-state index is 12.0. The van der Waals surface area contributed by atoms with E-state index in [0.717, 1.165) is 22.5 Å². The Morgan fingerprint density at radius 3 is 3.00 bits per heavy atom. The van der Waals surface area contributed by atoms with Crippen LogP contribution in [0.15, 0.2) is 48.7 Å². The number of aryl methyl sites for hydroxylation is 1. The van der Waals surface area contributed by atoms with E-state index in [1.165, 1.54) is 6.08 Å². The molecule has 0 saturated carbocycles. The number of carbonyl (C=O) groups excluding carboxylic acids is 1. The van der Waals surface area contributed by atoms with Crippen molar-refractivity contribution in [2.24, 2.45) is 0 Å². The van der Waals surface area contributed by atoms with Crippen LogP contribution in [0.4, 0.5) is 0 Å². The standard InChI is InChI=1S/C18H18N4O2/c1-13-6-8-15(24-2)14(11-13)7-9-18(23)19-12-17-21-20-16-5-3-4-10-22(16)17/h3-11H,12H2,1-2H3,(H,19,23). The molecule has 0 radical (unpaired) electrons. The minimum atomic E-state index is -0.203. The van der Waals surface area contributed by atoms with E-state index in [-0.39, 0.29) is 5.91 Å². The molecule has 0 aliphatic carbocycles. The lowest BCUT2D eigenvalue weighted by Crippen LogP contribution is -2.21. The van der Waals surface area contributed by atoms with Gasteiger partial charge in [-0.2, -0.15) is 0 Å². The van der Waals surface area contributed by atoms with Gasteiger partial charge in [-0.15, -0.1) is 10.2 Å². The van der Waals surface area contributed by atoms with Crippen molar-refractivity contribution in [1.29, 1.82) is 0 Å². The Labute approximate surface area is 139 Å². The van der Waals surface area contributed by atoms with Gasteiger partial charge in [0.2, 0.25) is 5.91 Å². The first-order chi connectivity index (χ1) is 11.7. The number of methoxy groups -OCH3 is 1. The second kappa shape index (κ2) is 6.95. The third-order valence-corrected chi connectivity index (χ3v) is 3.60. The number of hydrogen-bond acceptors (Lipinski definition) is 4. The monoisotopic (exact) mass is 322 g/mol. The zero-order valence-corrected chi connectivity index (χ0v) is 13.6. The number of hydrogen-bond donors (Lipinski definition) is 1. The van der Waals surface area contributed by atoms with E-state index < -0.39 is 0 Å². The zero-order valence-electron chi connectivity index (χ0n) is 13.6. The molecule has 24 heavy (non-hydrogen) atoms. The predicted octanol–water partition coefficient (Wildman–Crippen LogP) is 2.38. The van der Waals surface area contributed by atoms with E-state index in [0.29, 0.717) is 12.4 Å². The zero-order chi connectivity index (χ0) is 16.9. The highest BCUT2D eigenvalue weighted by Crippen LogP contribution is 2.20. The molecule has 122 valence electrons. The van der Waals surface area contributed by atoms with E-state index in [1.807, 2.05) is 53.9 Å². The molecule has 6 heteroatoms. The molecule has 2 heterocycles. The van der Waals surface area contributed by atoms with E-state index in [4.69, 9.17) is 4.74 Å². The molecule has 1 amide bonds. The summed E-state index contributed by atoms with van der Waals surface area (Å²) in [6.07, 6.45) is 5.09. The van der Waals surface area contributed by atoms with Gasteiger partial charge in [-0.05, 0) is 37.3 Å². The minimum Gasteiger partial charge on any atom is -0.496 e. The lowest BCUT2D eigenvalue weighted by molar-refractivity contribution is -0.116. The Balaban J connectivity index is 1.67. The molecule has 0 saturated heterocycles. The quantitative estimate of drug-likeness (QED) is 0.732. The Morgan fingerprint density at radius 1 is 1.29 bits per heavy atom. The van der Waals surface area contributed by atoms with Crippen LogP contribution in [-0.4, -0.2) is 27.6 Å². The van der Waals surface area contributed by atoms with Gasteiger partial charge < -0.3 is 10.1 Å². The fourth-order valence-electron chi connectivity index (χ4n) is 2.39. The number of ether oxygens (including phenoxy) is 1. The van der Waals surface area contributed by atoms with E-state index >= 15 is 0 Å². The first kappa shape index (κ1) is 15.7. The summed E-state index contributed by atoms with van der Waals surface area (Å²) in [5.74, 6) is 1.21. The summed E-state index contributed by atoms with van der Waals surface area (Å²) < 4.78 is 7.14. The second-order valence-corrected chi connectivity index (χ2v) is 5.34. The van der Waals surface area contributed by atoms with Crippen molar-refractivity contribution in [3.8, 4) is 5.75 Å². The molecule has 0 unspecified atom stereocenters. The van der Waals surface area contributed by atoms with Crippen molar-refractivity contribution in [1.82, 2.24) is 19.9 Å². The first-order valence-corrected chi connectivity index (χ1v) is 7.56. The highest BCUT2D eigenvalue weighted by atomic mass is 16.5. The highest BCUT2D eigenvalue weighted by molar-refractivity contribution is 5.92. The first-order valence-electron chi connectivity index (χ1n) is 7.56. The Bertz CT molecular complexity index is 899. The normalized spacial score (nSPS) is 11.1. The van der Waals surface area contributed by atoms with Crippen molar-refractivity contribution in [2.45, 2.75) is 13.5 Å². The maximum Gasteiger partial charge on any atom is 0.244 e. The molecule has 0 atom stereocenters. The van der Waals surface area contributed by atoms with Crippen LogP contribution >= 0.6 is 0 Å². The van der Waals surface area contributed by atoms with Crippen LogP contribution in [0.1, 0.15) is 17.0 Å². The van der Waals surface area contributed by atoms with Gasteiger partial charge in [-0.1, -0.05) is 17.7 Å². The van der Waals surface area contributed by atoms with Crippen LogP contribution in [0.2, 0.25) is 0 Å². The van der Waals surface area contributed by atoms with Gasteiger partial charge in [0.15, 0.2) is 11.5 Å². The summed E-state index contributed by atoms with van der Waals surface area (Å²) in [5, 5.41) is 10.9. The number of amides is 1. The molecule has 3 rings (SSSR count). The number of pyridine rings is 1. The average Bonchev–Trinajstić information content (AvgIpc) is 3.01. The van der Waals surface area contributed by atoms with E-state index in [1.54, 1.807) is 13.2 Å². The summed E-state index contributed by atoms with van der Waals surface area (Å²) >= 11 is 0. The Morgan fingerprint density at radius 2 is 2.17 bits per heavy atom. The van der Waals surface area contributed by atoms with Gasteiger partial charge in [-0.25, -0.2) is 0 Å². The molecule has 2 aromatic heterocycles. The number of nitrogens with zero attached hydrogens (tertiary/aromatic N) is 3. The third kappa shape index (κ3) is 3.43. The van der Waals surface area contributed by atoms with Crippen molar-refractivity contribution in [2.75, 3.05) is 7.11 Å². The molecular weight excluding hydrogens is 304 g/mol. The molecular formula is C18H18N4O2. The van der Waals surface area contributed by atoms with Crippen molar-refractivity contribution in [3.05, 3.63) is 65.6 Å². The van der Waals surface area contributed by atoms with Gasteiger partial charge in [0.1, 0.15) is 5.75 Å². The summed E-state index contributed by atoms with van der Waals surface area (Å²) in [5.41, 5.74) is 2.72. The van der Waals surface area contributed by atoms with Crippen molar-refractivity contribution >= 4 is 17.6 Å². The summed E-state index contributed by atoms with van der Waals surface area (Å²) in [4.78, 5) is 12.0. The molecule has 0 bridgehead atoms. The van der Waals surface area contributed by atoms with Crippen LogP contribution < -0.4 is 10.1 Å². The van der Waals surface area contributed by atoms with Gasteiger partial charge >= 0.3 is 0 Å². The Kier molecular flexibility index (Phi) is 4.56. The fourth-order valence-corrected chi connectivity index (χ4v) is 2.39. The number of rotatable bonds is 5. The minimum absolute atomic E-state index is 0.203.